The quantitative estimate of drug-likeness (QED) is 0.901. The molecule has 0 bridgehead atoms. The Morgan fingerprint density at radius 3 is 2.63 bits per heavy atom. The van der Waals surface area contributed by atoms with Crippen molar-refractivity contribution in [2.75, 3.05) is 19.4 Å². The molecule has 4 nitrogen and oxygen atoms in total. The van der Waals surface area contributed by atoms with Gasteiger partial charge in [-0.05, 0) is 41.3 Å². The average molecular weight is 328 g/mol. The predicted octanol–water partition coefficient (Wildman–Crippen LogP) is 3.39. The van der Waals surface area contributed by atoms with E-state index in [4.69, 9.17) is 0 Å². The number of anilines is 1. The lowest BCUT2D eigenvalue weighted by atomic mass is 10.0. The first kappa shape index (κ1) is 16.0. The second-order valence-electron chi connectivity index (χ2n) is 5.19. The molecule has 106 valence electrons. The summed E-state index contributed by atoms with van der Waals surface area (Å²) in [6.45, 7) is 6.39. The van der Waals surface area contributed by atoms with Crippen LogP contribution < -0.4 is 5.32 Å². The summed E-state index contributed by atoms with van der Waals surface area (Å²) in [5, 5.41) is 2.96. The van der Waals surface area contributed by atoms with Gasteiger partial charge in [-0.15, -0.1) is 0 Å². The van der Waals surface area contributed by atoms with Gasteiger partial charge in [0.25, 0.3) is 5.91 Å². The number of aromatic nitrogens is 1. The Balaban J connectivity index is 2.96. The summed E-state index contributed by atoms with van der Waals surface area (Å²) in [5.74, 6) is 1.16. The van der Waals surface area contributed by atoms with Crippen LogP contribution in [-0.2, 0) is 0 Å². The maximum absolute atomic E-state index is 12.5. The van der Waals surface area contributed by atoms with Crippen molar-refractivity contribution in [2.45, 2.75) is 33.2 Å². The number of rotatable bonds is 5. The SMILES string of the molecule is CNc1ncc(Br)cc1C(=O)N(C)C(C)CC(C)C. The predicted molar refractivity (Wildman–Crippen MR) is 82.5 cm³/mol. The average Bonchev–Trinajstić information content (AvgIpc) is 2.36. The van der Waals surface area contributed by atoms with Crippen LogP contribution in [0.4, 0.5) is 5.82 Å². The normalized spacial score (nSPS) is 12.4. The van der Waals surface area contributed by atoms with Crippen LogP contribution in [-0.4, -0.2) is 35.9 Å². The van der Waals surface area contributed by atoms with Crippen LogP contribution in [0.5, 0.6) is 0 Å². The zero-order valence-corrected chi connectivity index (χ0v) is 13.8. The van der Waals surface area contributed by atoms with Gasteiger partial charge in [0.1, 0.15) is 5.82 Å². The van der Waals surface area contributed by atoms with E-state index >= 15 is 0 Å². The Bertz CT molecular complexity index is 448. The molecule has 1 amide bonds. The van der Waals surface area contributed by atoms with Gasteiger partial charge < -0.3 is 10.2 Å². The Morgan fingerprint density at radius 1 is 1.47 bits per heavy atom. The molecule has 1 N–H and O–H groups in total. The number of hydrogen-bond acceptors (Lipinski definition) is 3. The highest BCUT2D eigenvalue weighted by Crippen LogP contribution is 2.21. The fraction of sp³-hybridized carbons (Fsp3) is 0.571. The van der Waals surface area contributed by atoms with Crippen LogP contribution in [0.2, 0.25) is 0 Å². The van der Waals surface area contributed by atoms with Crippen molar-refractivity contribution >= 4 is 27.7 Å². The first-order chi connectivity index (χ1) is 8.86. The van der Waals surface area contributed by atoms with Crippen molar-refractivity contribution in [3.63, 3.8) is 0 Å². The van der Waals surface area contributed by atoms with Crippen LogP contribution in [0.1, 0.15) is 37.6 Å². The number of amides is 1. The lowest BCUT2D eigenvalue weighted by Crippen LogP contribution is -2.36. The summed E-state index contributed by atoms with van der Waals surface area (Å²) in [4.78, 5) is 18.5. The highest BCUT2D eigenvalue weighted by Gasteiger charge is 2.21. The Morgan fingerprint density at radius 2 is 2.11 bits per heavy atom. The number of nitrogens with one attached hydrogen (secondary N) is 1. The van der Waals surface area contributed by atoms with E-state index in [9.17, 15) is 4.79 Å². The van der Waals surface area contributed by atoms with E-state index in [0.29, 0.717) is 17.3 Å². The van der Waals surface area contributed by atoms with Crippen molar-refractivity contribution in [2.24, 2.45) is 5.92 Å². The van der Waals surface area contributed by atoms with Crippen LogP contribution in [0.25, 0.3) is 0 Å². The number of nitrogens with zero attached hydrogens (tertiary/aromatic N) is 2. The minimum Gasteiger partial charge on any atom is -0.372 e. The molecule has 1 aromatic heterocycles. The van der Waals surface area contributed by atoms with Gasteiger partial charge in [0.05, 0.1) is 5.56 Å². The largest absolute Gasteiger partial charge is 0.372 e. The molecule has 0 fully saturated rings. The van der Waals surface area contributed by atoms with Gasteiger partial charge in [0, 0.05) is 30.8 Å². The standard InChI is InChI=1S/C14H22BrN3O/c1-9(2)6-10(3)18(5)14(19)12-7-11(15)8-17-13(12)16-4/h7-10H,6H2,1-5H3,(H,16,17). The van der Waals surface area contributed by atoms with Gasteiger partial charge in [-0.25, -0.2) is 4.98 Å². The summed E-state index contributed by atoms with van der Waals surface area (Å²) in [6, 6.07) is 2.01. The highest BCUT2D eigenvalue weighted by atomic mass is 79.9. The zero-order valence-electron chi connectivity index (χ0n) is 12.2. The summed E-state index contributed by atoms with van der Waals surface area (Å²) in [5.41, 5.74) is 0.593. The molecule has 0 radical (unpaired) electrons. The number of pyridine rings is 1. The van der Waals surface area contributed by atoms with E-state index in [2.05, 4.69) is 47.0 Å². The molecule has 19 heavy (non-hydrogen) atoms. The molecule has 5 heteroatoms. The molecule has 0 spiro atoms. The minimum absolute atomic E-state index is 0.00806. The van der Waals surface area contributed by atoms with Crippen LogP contribution >= 0.6 is 15.9 Å². The molecule has 1 heterocycles. The Kier molecular flexibility index (Phi) is 5.79. The van der Waals surface area contributed by atoms with Crippen molar-refractivity contribution in [3.8, 4) is 0 Å². The maximum atomic E-state index is 12.5. The second-order valence-corrected chi connectivity index (χ2v) is 6.11. The number of halogens is 1. The van der Waals surface area contributed by atoms with E-state index in [1.165, 1.54) is 0 Å². The van der Waals surface area contributed by atoms with Crippen molar-refractivity contribution in [1.82, 2.24) is 9.88 Å². The van der Waals surface area contributed by atoms with Crippen LogP contribution in [0.3, 0.4) is 0 Å². The van der Waals surface area contributed by atoms with Gasteiger partial charge >= 0.3 is 0 Å². The molecular formula is C14H22BrN3O. The number of carbonyl (C=O) groups is 1. The van der Waals surface area contributed by atoms with Gasteiger partial charge in [-0.2, -0.15) is 0 Å². The zero-order chi connectivity index (χ0) is 14.6. The fourth-order valence-electron chi connectivity index (χ4n) is 2.03. The molecule has 0 aromatic carbocycles. The maximum Gasteiger partial charge on any atom is 0.257 e. The molecule has 1 rings (SSSR count). The lowest BCUT2D eigenvalue weighted by molar-refractivity contribution is 0.0729. The molecule has 0 saturated heterocycles. The third-order valence-electron chi connectivity index (χ3n) is 3.12. The summed E-state index contributed by atoms with van der Waals surface area (Å²) < 4.78 is 0.805. The van der Waals surface area contributed by atoms with Gasteiger partial charge in [0.15, 0.2) is 0 Å². The van der Waals surface area contributed by atoms with Gasteiger partial charge in [0.2, 0.25) is 0 Å². The second kappa shape index (κ2) is 6.89. The third-order valence-corrected chi connectivity index (χ3v) is 3.55. The van der Waals surface area contributed by atoms with Gasteiger partial charge in [-0.3, -0.25) is 4.79 Å². The minimum atomic E-state index is -0.00806. The summed E-state index contributed by atoms with van der Waals surface area (Å²) >= 11 is 3.36. The number of hydrogen-bond donors (Lipinski definition) is 1. The van der Waals surface area contributed by atoms with E-state index < -0.39 is 0 Å². The Hall–Kier alpha value is -1.10. The van der Waals surface area contributed by atoms with Crippen molar-refractivity contribution in [1.29, 1.82) is 0 Å². The molecule has 0 saturated carbocycles. The van der Waals surface area contributed by atoms with E-state index in [1.807, 2.05) is 7.05 Å². The number of carbonyl (C=O) groups excluding carboxylic acids is 1. The fourth-order valence-corrected chi connectivity index (χ4v) is 2.36. The monoisotopic (exact) mass is 327 g/mol. The van der Waals surface area contributed by atoms with E-state index in [0.717, 1.165) is 10.9 Å². The van der Waals surface area contributed by atoms with Crippen molar-refractivity contribution in [3.05, 3.63) is 22.3 Å². The molecule has 1 aromatic rings. The molecule has 0 aliphatic rings. The van der Waals surface area contributed by atoms with Crippen LogP contribution in [0, 0.1) is 5.92 Å². The topological polar surface area (TPSA) is 45.2 Å². The summed E-state index contributed by atoms with van der Waals surface area (Å²) in [7, 11) is 3.61. The molecule has 0 aliphatic heterocycles. The van der Waals surface area contributed by atoms with Crippen molar-refractivity contribution < 1.29 is 4.79 Å². The molecule has 0 aliphatic carbocycles. The Labute approximate surface area is 123 Å². The highest BCUT2D eigenvalue weighted by molar-refractivity contribution is 9.10. The smallest absolute Gasteiger partial charge is 0.257 e. The van der Waals surface area contributed by atoms with Gasteiger partial charge in [-0.1, -0.05) is 13.8 Å². The molecular weight excluding hydrogens is 306 g/mol. The molecule has 1 atom stereocenters. The van der Waals surface area contributed by atoms with Crippen LogP contribution in [0.15, 0.2) is 16.7 Å². The molecule has 1 unspecified atom stereocenters. The third kappa shape index (κ3) is 4.20. The first-order valence-corrected chi connectivity index (χ1v) is 7.26. The van der Waals surface area contributed by atoms with E-state index in [-0.39, 0.29) is 11.9 Å². The first-order valence-electron chi connectivity index (χ1n) is 6.47. The van der Waals surface area contributed by atoms with E-state index in [1.54, 1.807) is 24.2 Å². The summed E-state index contributed by atoms with van der Waals surface area (Å²) in [6.07, 6.45) is 2.67. The lowest BCUT2D eigenvalue weighted by Gasteiger charge is -2.27.